The lowest BCUT2D eigenvalue weighted by Gasteiger charge is -2.23. The summed E-state index contributed by atoms with van der Waals surface area (Å²) in [5, 5.41) is 2.81. The van der Waals surface area contributed by atoms with Crippen LogP contribution in [0.1, 0.15) is 28.3 Å². The number of aryl methyl sites for hydroxylation is 1. The van der Waals surface area contributed by atoms with E-state index in [-0.39, 0.29) is 5.56 Å². The van der Waals surface area contributed by atoms with Crippen LogP contribution in [-0.2, 0) is 6.18 Å². The molecule has 0 amide bonds. The van der Waals surface area contributed by atoms with E-state index >= 15 is 0 Å². The molecule has 112 valence electrons. The summed E-state index contributed by atoms with van der Waals surface area (Å²) in [7, 11) is 1.53. The molecule has 0 bridgehead atoms. The van der Waals surface area contributed by atoms with Gasteiger partial charge in [-0.25, -0.2) is 4.39 Å². The molecule has 2 aromatic rings. The highest BCUT2D eigenvalue weighted by Gasteiger charge is 2.35. The number of halogens is 4. The van der Waals surface area contributed by atoms with Gasteiger partial charge >= 0.3 is 6.18 Å². The van der Waals surface area contributed by atoms with Crippen LogP contribution in [-0.4, -0.2) is 12.0 Å². The first-order chi connectivity index (χ1) is 9.84. The number of rotatable bonds is 3. The lowest BCUT2D eigenvalue weighted by atomic mass is 9.92. The monoisotopic (exact) mass is 298 g/mol. The van der Waals surface area contributed by atoms with E-state index in [0.717, 1.165) is 23.8 Å². The van der Waals surface area contributed by atoms with Crippen LogP contribution in [0.15, 0.2) is 36.7 Å². The molecule has 1 heterocycles. The normalized spacial score (nSPS) is 13.2. The molecule has 0 saturated carbocycles. The van der Waals surface area contributed by atoms with Gasteiger partial charge in [0.25, 0.3) is 0 Å². The zero-order chi connectivity index (χ0) is 15.6. The fraction of sp³-hybridized carbons (Fsp3) is 0.267. The minimum absolute atomic E-state index is 0.152. The van der Waals surface area contributed by atoms with Gasteiger partial charge in [-0.05, 0) is 54.9 Å². The van der Waals surface area contributed by atoms with E-state index in [1.807, 2.05) is 0 Å². The SMILES string of the molecule is CNC(c1cnccc1C)c1cc(F)ccc1C(F)(F)F. The average Bonchev–Trinajstić information content (AvgIpc) is 2.40. The third kappa shape index (κ3) is 3.21. The Bertz CT molecular complexity index is 638. The molecule has 0 spiro atoms. The van der Waals surface area contributed by atoms with Crippen molar-refractivity contribution in [1.29, 1.82) is 0 Å². The molecular formula is C15H14F4N2. The fourth-order valence-electron chi connectivity index (χ4n) is 2.29. The molecule has 1 N–H and O–H groups in total. The number of nitrogens with zero attached hydrogens (tertiary/aromatic N) is 1. The molecule has 6 heteroatoms. The van der Waals surface area contributed by atoms with Gasteiger partial charge in [0.2, 0.25) is 0 Å². The summed E-state index contributed by atoms with van der Waals surface area (Å²) in [5.41, 5.74) is 0.352. The number of hydrogen-bond donors (Lipinski definition) is 1. The Kier molecular flexibility index (Phi) is 4.27. The van der Waals surface area contributed by atoms with Crippen LogP contribution >= 0.6 is 0 Å². The number of hydrogen-bond acceptors (Lipinski definition) is 2. The highest BCUT2D eigenvalue weighted by molar-refractivity contribution is 5.41. The molecule has 0 aliphatic carbocycles. The van der Waals surface area contributed by atoms with Crippen molar-refractivity contribution in [2.75, 3.05) is 7.05 Å². The summed E-state index contributed by atoms with van der Waals surface area (Å²) in [4.78, 5) is 3.94. The zero-order valence-electron chi connectivity index (χ0n) is 11.5. The molecule has 0 aliphatic rings. The largest absolute Gasteiger partial charge is 0.416 e. The second-order valence-electron chi connectivity index (χ2n) is 4.68. The smallest absolute Gasteiger partial charge is 0.309 e. The van der Waals surface area contributed by atoms with E-state index in [1.165, 1.54) is 13.2 Å². The Morgan fingerprint density at radius 1 is 1.14 bits per heavy atom. The van der Waals surface area contributed by atoms with Crippen molar-refractivity contribution in [1.82, 2.24) is 10.3 Å². The quantitative estimate of drug-likeness (QED) is 0.870. The molecule has 2 nitrogen and oxygen atoms in total. The van der Waals surface area contributed by atoms with Crippen LogP contribution < -0.4 is 5.32 Å². The summed E-state index contributed by atoms with van der Waals surface area (Å²) in [5.74, 6) is -0.709. The number of aromatic nitrogens is 1. The van der Waals surface area contributed by atoms with E-state index < -0.39 is 23.6 Å². The third-order valence-electron chi connectivity index (χ3n) is 3.31. The second-order valence-corrected chi connectivity index (χ2v) is 4.68. The third-order valence-corrected chi connectivity index (χ3v) is 3.31. The van der Waals surface area contributed by atoms with Crippen LogP contribution in [0.3, 0.4) is 0 Å². The van der Waals surface area contributed by atoms with Crippen LogP contribution in [0.2, 0.25) is 0 Å². The molecular weight excluding hydrogens is 284 g/mol. The summed E-state index contributed by atoms with van der Waals surface area (Å²) >= 11 is 0. The van der Waals surface area contributed by atoms with Gasteiger partial charge in [-0.1, -0.05) is 0 Å². The second kappa shape index (κ2) is 5.81. The van der Waals surface area contributed by atoms with Gasteiger partial charge in [0.1, 0.15) is 5.82 Å². The summed E-state index contributed by atoms with van der Waals surface area (Å²) in [6.45, 7) is 1.77. The molecule has 0 saturated heterocycles. The Hall–Kier alpha value is -1.95. The van der Waals surface area contributed by atoms with Crippen molar-refractivity contribution in [3.05, 3.63) is 64.7 Å². The molecule has 0 fully saturated rings. The molecule has 21 heavy (non-hydrogen) atoms. The van der Waals surface area contributed by atoms with E-state index in [0.29, 0.717) is 5.56 Å². The molecule has 1 atom stereocenters. The number of nitrogens with one attached hydrogen (secondary N) is 1. The van der Waals surface area contributed by atoms with Crippen LogP contribution in [0.4, 0.5) is 17.6 Å². The van der Waals surface area contributed by atoms with Gasteiger partial charge < -0.3 is 5.32 Å². The van der Waals surface area contributed by atoms with Crippen LogP contribution in [0, 0.1) is 12.7 Å². The maximum absolute atomic E-state index is 13.4. The average molecular weight is 298 g/mol. The topological polar surface area (TPSA) is 24.9 Å². The summed E-state index contributed by atoms with van der Waals surface area (Å²) in [6.07, 6.45) is -1.50. The minimum atomic E-state index is -4.55. The van der Waals surface area contributed by atoms with Crippen LogP contribution in [0.25, 0.3) is 0 Å². The van der Waals surface area contributed by atoms with Crippen molar-refractivity contribution >= 4 is 0 Å². The van der Waals surface area contributed by atoms with Gasteiger partial charge in [0.05, 0.1) is 11.6 Å². The minimum Gasteiger partial charge on any atom is -0.309 e. The summed E-state index contributed by atoms with van der Waals surface area (Å²) in [6, 6.07) is 3.41. The Morgan fingerprint density at radius 2 is 1.86 bits per heavy atom. The number of benzene rings is 1. The van der Waals surface area contributed by atoms with Crippen molar-refractivity contribution in [3.8, 4) is 0 Å². The molecule has 1 aromatic heterocycles. The van der Waals surface area contributed by atoms with Crippen molar-refractivity contribution in [2.24, 2.45) is 0 Å². The molecule has 2 rings (SSSR count). The highest BCUT2D eigenvalue weighted by atomic mass is 19.4. The molecule has 0 radical (unpaired) electrons. The number of alkyl halides is 3. The van der Waals surface area contributed by atoms with Gasteiger partial charge in [0, 0.05) is 12.4 Å². The summed E-state index contributed by atoms with van der Waals surface area (Å²) < 4.78 is 52.8. The number of pyridine rings is 1. The first-order valence-electron chi connectivity index (χ1n) is 6.29. The maximum atomic E-state index is 13.4. The van der Waals surface area contributed by atoms with Gasteiger partial charge in [0.15, 0.2) is 0 Å². The highest BCUT2D eigenvalue weighted by Crippen LogP contribution is 2.37. The standard InChI is InChI=1S/C15H14F4N2/c1-9-5-6-21-8-12(9)14(20-2)11-7-10(16)3-4-13(11)15(17,18)19/h3-8,14,20H,1-2H3. The predicted molar refractivity (Wildman–Crippen MR) is 71.3 cm³/mol. The molecule has 0 aliphatic heterocycles. The zero-order valence-corrected chi connectivity index (χ0v) is 11.5. The Balaban J connectivity index is 2.63. The van der Waals surface area contributed by atoms with Crippen molar-refractivity contribution in [2.45, 2.75) is 19.1 Å². The first kappa shape index (κ1) is 15.4. The fourth-order valence-corrected chi connectivity index (χ4v) is 2.29. The van der Waals surface area contributed by atoms with E-state index in [9.17, 15) is 17.6 Å². The van der Waals surface area contributed by atoms with Crippen molar-refractivity contribution in [3.63, 3.8) is 0 Å². The Morgan fingerprint density at radius 3 is 2.43 bits per heavy atom. The van der Waals surface area contributed by atoms with Gasteiger partial charge in [-0.2, -0.15) is 13.2 Å². The van der Waals surface area contributed by atoms with E-state index in [2.05, 4.69) is 10.3 Å². The molecule has 1 unspecified atom stereocenters. The lowest BCUT2D eigenvalue weighted by Crippen LogP contribution is -2.23. The van der Waals surface area contributed by atoms with E-state index in [4.69, 9.17) is 0 Å². The van der Waals surface area contributed by atoms with Crippen molar-refractivity contribution < 1.29 is 17.6 Å². The van der Waals surface area contributed by atoms with Crippen LogP contribution in [0.5, 0.6) is 0 Å². The van der Waals surface area contributed by atoms with Gasteiger partial charge in [-0.3, -0.25) is 4.98 Å². The van der Waals surface area contributed by atoms with Gasteiger partial charge in [-0.15, -0.1) is 0 Å². The Labute approximate surface area is 119 Å². The van der Waals surface area contributed by atoms with E-state index in [1.54, 1.807) is 19.2 Å². The first-order valence-corrected chi connectivity index (χ1v) is 6.29. The molecule has 1 aromatic carbocycles. The predicted octanol–water partition coefficient (Wildman–Crippen LogP) is 3.86. The maximum Gasteiger partial charge on any atom is 0.416 e. The lowest BCUT2D eigenvalue weighted by molar-refractivity contribution is -0.138.